The van der Waals surface area contributed by atoms with Gasteiger partial charge in [0.2, 0.25) is 5.91 Å². The molecule has 132 valence electrons. The summed E-state index contributed by atoms with van der Waals surface area (Å²) in [6.45, 7) is 0. The predicted molar refractivity (Wildman–Crippen MR) is 111 cm³/mol. The molecule has 2 aromatic carbocycles. The second-order valence-electron chi connectivity index (χ2n) is 6.38. The van der Waals surface area contributed by atoms with Crippen LogP contribution in [0.5, 0.6) is 0 Å². The van der Waals surface area contributed by atoms with Crippen LogP contribution in [-0.2, 0) is 4.79 Å². The first-order valence-electron chi connectivity index (χ1n) is 8.77. The summed E-state index contributed by atoms with van der Waals surface area (Å²) in [6, 6.07) is 17.9. The Bertz CT molecular complexity index is 861. The summed E-state index contributed by atoms with van der Waals surface area (Å²) < 4.78 is 0. The number of aliphatic imine (C=N–C) groups is 1. The Morgan fingerprint density at radius 2 is 1.85 bits per heavy atom. The van der Waals surface area contributed by atoms with E-state index in [1.807, 2.05) is 18.2 Å². The predicted octanol–water partition coefficient (Wildman–Crippen LogP) is 5.41. The first kappa shape index (κ1) is 17.4. The smallest absolute Gasteiger partial charge is 0.243 e. The quantitative estimate of drug-likeness (QED) is 0.710. The molecule has 2 aliphatic rings. The van der Waals surface area contributed by atoms with Crippen LogP contribution in [0.3, 0.4) is 0 Å². The van der Waals surface area contributed by atoms with Crippen LogP contribution in [0.25, 0.3) is 5.57 Å². The van der Waals surface area contributed by atoms with Gasteiger partial charge in [0, 0.05) is 5.02 Å². The first-order chi connectivity index (χ1) is 12.7. The highest BCUT2D eigenvalue weighted by Gasteiger charge is 2.31. The zero-order valence-corrected chi connectivity index (χ0v) is 15.8. The molecule has 1 aliphatic carbocycles. The third-order valence-corrected chi connectivity index (χ3v) is 5.82. The van der Waals surface area contributed by atoms with Crippen LogP contribution < -0.4 is 4.90 Å². The number of carbonyl (C=O) groups excluding carboxylic acids is 1. The van der Waals surface area contributed by atoms with Crippen molar-refractivity contribution in [3.05, 3.63) is 71.3 Å². The van der Waals surface area contributed by atoms with Crippen molar-refractivity contribution in [1.29, 1.82) is 0 Å². The SMILES string of the molecule is O=C1CSC(=N[C@H]2CCCC=C2c2ccccc2)N1c1ccc(Cl)cc1. The summed E-state index contributed by atoms with van der Waals surface area (Å²) in [7, 11) is 0. The summed E-state index contributed by atoms with van der Waals surface area (Å²) in [6.07, 6.45) is 5.50. The van der Waals surface area contributed by atoms with Crippen molar-refractivity contribution in [2.45, 2.75) is 25.3 Å². The molecule has 26 heavy (non-hydrogen) atoms. The lowest BCUT2D eigenvalue weighted by Gasteiger charge is -2.24. The minimum atomic E-state index is 0.0668. The standard InChI is InChI=1S/C21H19ClN2OS/c22-16-10-12-17(13-11-16)24-20(25)14-26-21(24)23-19-9-5-4-8-18(19)15-6-2-1-3-7-15/h1-3,6-8,10-13,19H,4-5,9,14H2/t19-/m0/s1. The van der Waals surface area contributed by atoms with Crippen molar-refractivity contribution >= 4 is 45.7 Å². The molecule has 1 aliphatic heterocycles. The lowest BCUT2D eigenvalue weighted by atomic mass is 9.89. The van der Waals surface area contributed by atoms with E-state index in [0.29, 0.717) is 10.8 Å². The van der Waals surface area contributed by atoms with Gasteiger partial charge in [0.15, 0.2) is 5.17 Å². The van der Waals surface area contributed by atoms with Gasteiger partial charge in [0.25, 0.3) is 0 Å². The average Bonchev–Trinajstić information content (AvgIpc) is 3.04. The van der Waals surface area contributed by atoms with Gasteiger partial charge in [-0.2, -0.15) is 0 Å². The number of benzene rings is 2. The van der Waals surface area contributed by atoms with Gasteiger partial charge in [-0.05, 0) is 54.7 Å². The van der Waals surface area contributed by atoms with Gasteiger partial charge in [-0.25, -0.2) is 0 Å². The minimum Gasteiger partial charge on any atom is -0.273 e. The number of halogens is 1. The van der Waals surface area contributed by atoms with Crippen LogP contribution in [0.15, 0.2) is 65.7 Å². The number of anilines is 1. The molecule has 1 atom stereocenters. The van der Waals surface area contributed by atoms with E-state index in [0.717, 1.165) is 30.1 Å². The van der Waals surface area contributed by atoms with Crippen LogP contribution >= 0.6 is 23.4 Å². The fraction of sp³-hybridized carbons (Fsp3) is 0.238. The highest BCUT2D eigenvalue weighted by Crippen LogP contribution is 2.33. The molecule has 2 aromatic rings. The van der Waals surface area contributed by atoms with Gasteiger partial charge in [0.05, 0.1) is 17.5 Å². The molecule has 0 aromatic heterocycles. The first-order valence-corrected chi connectivity index (χ1v) is 10.1. The Kier molecular flexibility index (Phi) is 5.14. The number of nitrogens with zero attached hydrogens (tertiary/aromatic N) is 2. The van der Waals surface area contributed by atoms with E-state index in [9.17, 15) is 4.79 Å². The third kappa shape index (κ3) is 3.57. The molecule has 0 bridgehead atoms. The van der Waals surface area contributed by atoms with Crippen LogP contribution in [-0.4, -0.2) is 22.9 Å². The number of amides is 1. The maximum absolute atomic E-state index is 12.4. The maximum atomic E-state index is 12.4. The Morgan fingerprint density at radius 1 is 1.08 bits per heavy atom. The summed E-state index contributed by atoms with van der Waals surface area (Å²) in [5.74, 6) is 0.496. The van der Waals surface area contributed by atoms with E-state index in [4.69, 9.17) is 16.6 Å². The van der Waals surface area contributed by atoms with Gasteiger partial charge in [-0.3, -0.25) is 14.7 Å². The lowest BCUT2D eigenvalue weighted by Crippen LogP contribution is -2.30. The van der Waals surface area contributed by atoms with E-state index in [1.54, 1.807) is 17.0 Å². The third-order valence-electron chi connectivity index (χ3n) is 4.63. The average molecular weight is 383 g/mol. The normalized spacial score (nSPS) is 22.0. The molecule has 1 heterocycles. The number of allylic oxidation sites excluding steroid dienone is 1. The molecule has 0 N–H and O–H groups in total. The van der Waals surface area contributed by atoms with E-state index in [2.05, 4.69) is 30.3 Å². The number of thioether (sulfide) groups is 1. The molecule has 5 heteroatoms. The Balaban J connectivity index is 1.67. The molecule has 4 rings (SSSR count). The number of hydrogen-bond donors (Lipinski definition) is 0. The van der Waals surface area contributed by atoms with E-state index in [1.165, 1.54) is 22.9 Å². The van der Waals surface area contributed by atoms with Crippen molar-refractivity contribution in [1.82, 2.24) is 0 Å². The molecule has 0 spiro atoms. The van der Waals surface area contributed by atoms with E-state index in [-0.39, 0.29) is 11.9 Å². The molecule has 1 saturated heterocycles. The molecule has 0 unspecified atom stereocenters. The summed E-state index contributed by atoms with van der Waals surface area (Å²) in [4.78, 5) is 19.2. The largest absolute Gasteiger partial charge is 0.273 e. The molecule has 0 saturated carbocycles. The Labute approximate surface area is 162 Å². The van der Waals surface area contributed by atoms with Gasteiger partial charge in [-0.15, -0.1) is 0 Å². The van der Waals surface area contributed by atoms with E-state index < -0.39 is 0 Å². The Hall–Kier alpha value is -2.04. The van der Waals surface area contributed by atoms with Gasteiger partial charge < -0.3 is 0 Å². The highest BCUT2D eigenvalue weighted by molar-refractivity contribution is 8.15. The van der Waals surface area contributed by atoms with Crippen molar-refractivity contribution in [2.24, 2.45) is 4.99 Å². The maximum Gasteiger partial charge on any atom is 0.243 e. The van der Waals surface area contributed by atoms with Crippen molar-refractivity contribution in [3.63, 3.8) is 0 Å². The second kappa shape index (κ2) is 7.68. The van der Waals surface area contributed by atoms with Crippen molar-refractivity contribution < 1.29 is 4.79 Å². The number of amidine groups is 1. The number of hydrogen-bond acceptors (Lipinski definition) is 3. The van der Waals surface area contributed by atoms with Crippen molar-refractivity contribution in [2.75, 3.05) is 10.7 Å². The highest BCUT2D eigenvalue weighted by atomic mass is 35.5. The molecular weight excluding hydrogens is 364 g/mol. The fourth-order valence-electron chi connectivity index (χ4n) is 3.37. The van der Waals surface area contributed by atoms with Gasteiger partial charge >= 0.3 is 0 Å². The van der Waals surface area contributed by atoms with Gasteiger partial charge in [-0.1, -0.05) is 59.8 Å². The zero-order valence-electron chi connectivity index (χ0n) is 14.3. The zero-order chi connectivity index (χ0) is 17.9. The number of rotatable bonds is 3. The summed E-state index contributed by atoms with van der Waals surface area (Å²) >= 11 is 7.50. The molecular formula is C21H19ClN2OS. The fourth-order valence-corrected chi connectivity index (χ4v) is 4.42. The van der Waals surface area contributed by atoms with Crippen LogP contribution in [0.2, 0.25) is 5.02 Å². The van der Waals surface area contributed by atoms with E-state index >= 15 is 0 Å². The van der Waals surface area contributed by atoms with Crippen LogP contribution in [0.4, 0.5) is 5.69 Å². The van der Waals surface area contributed by atoms with Crippen molar-refractivity contribution in [3.8, 4) is 0 Å². The Morgan fingerprint density at radius 3 is 2.62 bits per heavy atom. The lowest BCUT2D eigenvalue weighted by molar-refractivity contribution is -0.115. The van der Waals surface area contributed by atoms with Crippen LogP contribution in [0, 0.1) is 0 Å². The molecule has 1 fully saturated rings. The molecule has 1 amide bonds. The molecule has 3 nitrogen and oxygen atoms in total. The topological polar surface area (TPSA) is 32.7 Å². The minimum absolute atomic E-state index is 0.0668. The van der Waals surface area contributed by atoms with Crippen LogP contribution in [0.1, 0.15) is 24.8 Å². The molecule has 0 radical (unpaired) electrons. The summed E-state index contributed by atoms with van der Waals surface area (Å²) in [5, 5.41) is 1.44. The second-order valence-corrected chi connectivity index (χ2v) is 7.76. The summed E-state index contributed by atoms with van der Waals surface area (Å²) in [5.41, 5.74) is 3.30. The van der Waals surface area contributed by atoms with Gasteiger partial charge in [0.1, 0.15) is 0 Å². The monoisotopic (exact) mass is 382 g/mol. The number of carbonyl (C=O) groups is 1.